The average molecular weight is 1590 g/mol. The maximum absolute atomic E-state index is 2.57. The van der Waals surface area contributed by atoms with Crippen LogP contribution in [0.4, 0.5) is 17.1 Å². The van der Waals surface area contributed by atoms with E-state index in [4.69, 9.17) is 0 Å². The Labute approximate surface area is 721 Å². The number of fused-ring (bicyclic) bond motifs is 23. The molecular weight excluding hydrogens is 1490 g/mol. The second-order valence-corrected chi connectivity index (χ2v) is 36.7. The van der Waals surface area contributed by atoms with Crippen molar-refractivity contribution < 1.29 is 0 Å². The fourth-order valence-corrected chi connectivity index (χ4v) is 22.0. The minimum Gasteiger partial charge on any atom is -0.310 e. The van der Waals surface area contributed by atoms with E-state index >= 15 is 0 Å². The van der Waals surface area contributed by atoms with Gasteiger partial charge in [-0.25, -0.2) is 0 Å². The lowest BCUT2D eigenvalue weighted by Crippen LogP contribution is -2.15. The summed E-state index contributed by atoms with van der Waals surface area (Å²) in [6.45, 7) is 18.8. The van der Waals surface area contributed by atoms with Crippen LogP contribution in [-0.2, 0) is 31.1 Å². The smallest absolute Gasteiger partial charge is 0.0620 e. The van der Waals surface area contributed by atoms with Crippen molar-refractivity contribution in [2.24, 2.45) is 0 Å². The third-order valence-electron chi connectivity index (χ3n) is 29.6. The molecule has 4 atom stereocenters. The van der Waals surface area contributed by atoms with Crippen LogP contribution in [0, 0.1) is 0 Å². The summed E-state index contributed by atoms with van der Waals surface area (Å²) in [6, 6.07) is 124. The summed E-state index contributed by atoms with van der Waals surface area (Å²) in [7, 11) is 0. The first-order valence-corrected chi connectivity index (χ1v) is 45.5. The van der Waals surface area contributed by atoms with Crippen molar-refractivity contribution in [3.8, 4) is 44.5 Å². The Kier molecular flexibility index (Phi) is 17.9. The van der Waals surface area contributed by atoms with Crippen LogP contribution in [0.1, 0.15) is 173 Å². The molecule has 6 aromatic heterocycles. The van der Waals surface area contributed by atoms with E-state index in [1.165, 1.54) is 289 Å². The molecule has 4 nitrogen and oxygen atoms in total. The van der Waals surface area contributed by atoms with Crippen molar-refractivity contribution >= 4 is 131 Å². The van der Waals surface area contributed by atoms with Crippen LogP contribution in [-0.4, -0.2) is 13.2 Å². The number of hydrogen-bond donors (Lipinski definition) is 0. The van der Waals surface area contributed by atoms with Crippen molar-refractivity contribution in [1.29, 1.82) is 0 Å². The molecule has 22 aromatic rings. The van der Waals surface area contributed by atoms with E-state index < -0.39 is 0 Å². The standard InChI is InChI=1S/C69H60N2.C28H23N.C22H19N/c1-5-44(12-10-11-43(2)45-17-19-46(20-18-45)47-25-31-55(32-26-47)70(56-33-27-48-21-23-50(48)37-56)57-34-28-49-22-24-51(49)38-57)52-29-35-58-59-36-30-53(42-65(59)69(3,4)64(58)41-52)54-39-62-60-13-6-8-15-66(60)71-67-16-9-7-14-61(67)63(40-54)68(62)71;1-3-18(2)19-12-14-20(15-13-19)21-16-24-22-8-4-6-10-26(22)29-27-11-7-5-9-23(27)25(17-21)28(24)29;1-3-14(2)15-12-18-16-8-4-6-10-20(16)23-21-11-7-5-9-17(21)19(13-15)22(18)23/h6-9,13-20,25-44H,5,10-12,21-24H2,1-4H3;4-18H,3H2,1-2H3;4-14H,3H2,1-2H3. The second kappa shape index (κ2) is 29.5. The Hall–Kier alpha value is -13.3. The molecule has 0 fully saturated rings. The summed E-state index contributed by atoms with van der Waals surface area (Å²) < 4.78 is 7.35. The van der Waals surface area contributed by atoms with Crippen LogP contribution >= 0.6 is 0 Å². The van der Waals surface area contributed by atoms with E-state index in [0.717, 1.165) is 6.42 Å². The maximum atomic E-state index is 2.57. The molecule has 0 spiro atoms. The lowest BCUT2D eigenvalue weighted by molar-refractivity contribution is 0.528. The van der Waals surface area contributed by atoms with Crippen molar-refractivity contribution in [3.63, 3.8) is 0 Å². The van der Waals surface area contributed by atoms with Crippen LogP contribution in [0.2, 0.25) is 0 Å². The van der Waals surface area contributed by atoms with Gasteiger partial charge in [-0.3, -0.25) is 0 Å². The highest BCUT2D eigenvalue weighted by molar-refractivity contribution is 6.27. The Morgan fingerprint density at radius 3 is 1.00 bits per heavy atom. The van der Waals surface area contributed by atoms with Gasteiger partial charge in [0.25, 0.3) is 0 Å². The third kappa shape index (κ3) is 12.0. The van der Waals surface area contributed by atoms with E-state index in [9.17, 15) is 0 Å². The first kappa shape index (κ1) is 74.7. The van der Waals surface area contributed by atoms with Gasteiger partial charge in [0.15, 0.2) is 0 Å². The summed E-state index contributed by atoms with van der Waals surface area (Å²) in [4.78, 5) is 2.45. The van der Waals surface area contributed by atoms with Gasteiger partial charge in [-0.1, -0.05) is 274 Å². The first-order valence-electron chi connectivity index (χ1n) is 45.5. The SMILES string of the molecule is CCC(C)c1cc2c3ccccc3n3c4ccccc4c(c1)c23.CCC(C)c1ccc(-c2cc3c4ccccc4n4c5ccccc5c(c2)c34)cc1.CCC(CCCC(C)c1ccc(-c2ccc(N(c3ccc4c(c3)CC4)c3ccc4c(c3)CC4)cc2)cc1)c1ccc2c(c1)C(C)(C)c1cc(-c3cc4c5ccccc5n5c6ccccc6c(c3)c45)ccc1-2. The maximum Gasteiger partial charge on any atom is 0.0620 e. The third-order valence-corrected chi connectivity index (χ3v) is 29.6. The quantitative estimate of drug-likeness (QED) is 0.0888. The highest BCUT2D eigenvalue weighted by Crippen LogP contribution is 2.53. The van der Waals surface area contributed by atoms with Crippen molar-refractivity contribution in [2.45, 2.75) is 149 Å². The number of anilines is 3. The lowest BCUT2D eigenvalue weighted by atomic mass is 9.79. The van der Waals surface area contributed by atoms with Gasteiger partial charge in [-0.2, -0.15) is 0 Å². The van der Waals surface area contributed by atoms with E-state index in [2.05, 4.69) is 401 Å². The number of nitrogens with zero attached hydrogens (tertiary/aromatic N) is 4. The van der Waals surface area contributed by atoms with Gasteiger partial charge < -0.3 is 18.1 Å². The molecule has 3 aliphatic rings. The summed E-state index contributed by atoms with van der Waals surface area (Å²) in [5.74, 6) is 2.25. The Balaban J connectivity index is 0.000000136. The van der Waals surface area contributed by atoms with Crippen molar-refractivity contribution in [3.05, 3.63) is 383 Å². The van der Waals surface area contributed by atoms with Gasteiger partial charge in [0.2, 0.25) is 0 Å². The molecule has 0 N–H and O–H groups in total. The molecular formula is C119H102N4. The molecule has 0 radical (unpaired) electrons. The minimum atomic E-state index is -0.0905. The van der Waals surface area contributed by atoms with E-state index in [1.54, 1.807) is 0 Å². The highest BCUT2D eigenvalue weighted by Gasteiger charge is 2.37. The zero-order valence-electron chi connectivity index (χ0n) is 71.8. The number of aromatic nitrogens is 3. The first-order chi connectivity index (χ1) is 60.3. The fourth-order valence-electron chi connectivity index (χ4n) is 22.0. The molecule has 123 heavy (non-hydrogen) atoms. The predicted octanol–water partition coefficient (Wildman–Crippen LogP) is 33.0. The topological polar surface area (TPSA) is 16.5 Å². The molecule has 25 rings (SSSR count). The molecule has 4 unspecified atom stereocenters. The second-order valence-electron chi connectivity index (χ2n) is 36.7. The molecule has 16 aromatic carbocycles. The number of hydrogen-bond acceptors (Lipinski definition) is 1. The largest absolute Gasteiger partial charge is 0.310 e. The number of rotatable bonds is 17. The number of para-hydroxylation sites is 6. The van der Waals surface area contributed by atoms with Crippen molar-refractivity contribution in [2.75, 3.05) is 4.90 Å². The molecule has 598 valence electrons. The van der Waals surface area contributed by atoms with Gasteiger partial charge in [0, 0.05) is 87.1 Å². The molecule has 0 amide bonds. The van der Waals surface area contributed by atoms with E-state index in [-0.39, 0.29) is 5.41 Å². The van der Waals surface area contributed by atoms with Gasteiger partial charge in [0.05, 0.1) is 49.7 Å². The van der Waals surface area contributed by atoms with Gasteiger partial charge >= 0.3 is 0 Å². The normalized spacial score (nSPS) is 14.3. The summed E-state index contributed by atoms with van der Waals surface area (Å²) in [5.41, 5.74) is 40.6. The number of benzene rings is 16. The highest BCUT2D eigenvalue weighted by atomic mass is 15.1. The minimum absolute atomic E-state index is 0.0905. The fraction of sp³-hybridized carbons (Fsp3) is 0.193. The molecule has 4 heteroatoms. The summed E-state index contributed by atoms with van der Waals surface area (Å²) in [5, 5.41) is 16.2. The zero-order chi connectivity index (χ0) is 82.6. The zero-order valence-corrected chi connectivity index (χ0v) is 71.8. The van der Waals surface area contributed by atoms with Crippen molar-refractivity contribution in [1.82, 2.24) is 13.2 Å². The molecule has 0 aliphatic heterocycles. The average Bonchev–Trinajstić information content (AvgIpc) is 1.55. The van der Waals surface area contributed by atoms with Crippen LogP contribution in [0.3, 0.4) is 0 Å². The Bertz CT molecular complexity index is 7570. The summed E-state index contributed by atoms with van der Waals surface area (Å²) >= 11 is 0. The van der Waals surface area contributed by atoms with Gasteiger partial charge in [-0.15, -0.1) is 0 Å². The Morgan fingerprint density at radius 2 is 0.602 bits per heavy atom. The van der Waals surface area contributed by atoms with E-state index in [1.807, 2.05) is 0 Å². The van der Waals surface area contributed by atoms with Gasteiger partial charge in [-0.05, 0) is 297 Å². The van der Waals surface area contributed by atoms with Crippen LogP contribution in [0.5, 0.6) is 0 Å². The molecule has 0 bridgehead atoms. The van der Waals surface area contributed by atoms with Crippen LogP contribution < -0.4 is 4.90 Å². The molecule has 0 saturated carbocycles. The Morgan fingerprint density at radius 1 is 0.268 bits per heavy atom. The van der Waals surface area contributed by atoms with Gasteiger partial charge in [0.1, 0.15) is 0 Å². The predicted molar refractivity (Wildman–Crippen MR) is 526 cm³/mol. The van der Waals surface area contributed by atoms with E-state index in [0.29, 0.717) is 23.7 Å². The van der Waals surface area contributed by atoms with Crippen LogP contribution in [0.25, 0.3) is 159 Å². The monoisotopic (exact) mass is 1590 g/mol. The lowest BCUT2D eigenvalue weighted by Gasteiger charge is -2.30. The summed E-state index contributed by atoms with van der Waals surface area (Å²) in [6.07, 6.45) is 11.9. The molecule has 3 aliphatic carbocycles. The van der Waals surface area contributed by atoms with Crippen LogP contribution in [0.15, 0.2) is 328 Å². The molecule has 6 heterocycles. The number of aryl methyl sites for hydroxylation is 4. The molecule has 0 saturated heterocycles.